The fraction of sp³-hybridized carbons (Fsp3) is 0.0833. The first-order chi connectivity index (χ1) is 15.2. The van der Waals surface area contributed by atoms with Gasteiger partial charge in [-0.15, -0.1) is 11.3 Å². The average molecular weight is 443 g/mol. The van der Waals surface area contributed by atoms with E-state index in [-0.39, 0.29) is 5.56 Å². The zero-order chi connectivity index (χ0) is 21.2. The van der Waals surface area contributed by atoms with Crippen molar-refractivity contribution in [1.82, 2.24) is 19.5 Å². The number of nitrogens with zero attached hydrogens (tertiary/aromatic N) is 4. The van der Waals surface area contributed by atoms with Crippen LogP contribution in [0.25, 0.3) is 27.3 Å². The molecule has 3 heterocycles. The highest BCUT2D eigenvalue weighted by Crippen LogP contribution is 2.28. The zero-order valence-corrected chi connectivity index (χ0v) is 18.4. The summed E-state index contributed by atoms with van der Waals surface area (Å²) in [7, 11) is 0. The molecule has 0 radical (unpaired) electrons. The predicted octanol–water partition coefficient (Wildman–Crippen LogP) is 5.50. The van der Waals surface area contributed by atoms with Gasteiger partial charge >= 0.3 is 0 Å². The first-order valence-corrected chi connectivity index (χ1v) is 11.6. The molecule has 0 saturated heterocycles. The van der Waals surface area contributed by atoms with E-state index in [0.29, 0.717) is 27.6 Å². The Morgan fingerprint density at radius 3 is 2.65 bits per heavy atom. The first kappa shape index (κ1) is 19.7. The summed E-state index contributed by atoms with van der Waals surface area (Å²) >= 11 is 3.11. The summed E-state index contributed by atoms with van der Waals surface area (Å²) in [5.41, 5.74) is 3.66. The second kappa shape index (κ2) is 8.45. The van der Waals surface area contributed by atoms with Gasteiger partial charge in [-0.1, -0.05) is 54.2 Å². The van der Waals surface area contributed by atoms with Gasteiger partial charge in [-0.05, 0) is 36.8 Å². The van der Waals surface area contributed by atoms with Crippen LogP contribution in [0.5, 0.6) is 0 Å². The summed E-state index contributed by atoms with van der Waals surface area (Å²) in [6.45, 7) is 1.98. The van der Waals surface area contributed by atoms with Crippen LogP contribution in [0.4, 0.5) is 0 Å². The smallest absolute Gasteiger partial charge is 0.267 e. The van der Waals surface area contributed by atoms with Gasteiger partial charge in [0.15, 0.2) is 5.16 Å². The van der Waals surface area contributed by atoms with Crippen LogP contribution in [0.2, 0.25) is 0 Å². The molecule has 5 rings (SSSR count). The van der Waals surface area contributed by atoms with E-state index in [1.54, 1.807) is 28.2 Å². The van der Waals surface area contributed by atoms with Gasteiger partial charge in [-0.25, -0.2) is 19.5 Å². The van der Waals surface area contributed by atoms with Gasteiger partial charge in [-0.3, -0.25) is 4.79 Å². The third-order valence-corrected chi connectivity index (χ3v) is 6.71. The highest BCUT2D eigenvalue weighted by Gasteiger charge is 2.15. The molecule has 152 valence electrons. The molecule has 0 atom stereocenters. The Morgan fingerprint density at radius 1 is 1.00 bits per heavy atom. The summed E-state index contributed by atoms with van der Waals surface area (Å²) in [6.07, 6.45) is 1.72. The molecule has 0 N–H and O–H groups in total. The summed E-state index contributed by atoms with van der Waals surface area (Å²) in [5, 5.41) is 4.23. The number of aromatic nitrogens is 4. The fourth-order valence-corrected chi connectivity index (χ4v) is 5.10. The van der Waals surface area contributed by atoms with E-state index in [9.17, 15) is 4.79 Å². The number of benzene rings is 2. The quantitative estimate of drug-likeness (QED) is 0.265. The number of para-hydroxylation sites is 1. The highest BCUT2D eigenvalue weighted by atomic mass is 32.2. The SMILES string of the molecule is Cc1ccnc(-n2c(SCc3csc(-c4ccccc4)n3)nc3ccccc3c2=O)c1. The second-order valence-corrected chi connectivity index (χ2v) is 8.84. The normalized spacial score (nSPS) is 11.1. The average Bonchev–Trinajstić information content (AvgIpc) is 3.27. The Bertz CT molecular complexity index is 1430. The summed E-state index contributed by atoms with van der Waals surface area (Å²) in [5.74, 6) is 1.19. The number of hydrogen-bond acceptors (Lipinski definition) is 6. The van der Waals surface area contributed by atoms with Crippen LogP contribution in [-0.4, -0.2) is 19.5 Å². The van der Waals surface area contributed by atoms with Crippen LogP contribution < -0.4 is 5.56 Å². The zero-order valence-electron chi connectivity index (χ0n) is 16.7. The Kier molecular flexibility index (Phi) is 5.36. The molecule has 0 aliphatic carbocycles. The van der Waals surface area contributed by atoms with Crippen LogP contribution >= 0.6 is 23.1 Å². The van der Waals surface area contributed by atoms with E-state index in [1.807, 2.05) is 55.5 Å². The Labute approximate surface area is 187 Å². The van der Waals surface area contributed by atoms with E-state index in [2.05, 4.69) is 22.5 Å². The number of pyridine rings is 1. The van der Waals surface area contributed by atoms with Crippen LogP contribution in [0.3, 0.4) is 0 Å². The van der Waals surface area contributed by atoms with Crippen LogP contribution in [0.1, 0.15) is 11.3 Å². The fourth-order valence-electron chi connectivity index (χ4n) is 3.28. The maximum Gasteiger partial charge on any atom is 0.267 e. The molecule has 0 aliphatic rings. The standard InChI is InChI=1S/C24H18N4OS2/c1-16-11-12-25-21(13-16)28-23(29)19-9-5-6-10-20(19)27-24(28)31-15-18-14-30-22(26-18)17-7-3-2-4-8-17/h2-14H,15H2,1H3. The minimum Gasteiger partial charge on any atom is -0.268 e. The molecule has 5 aromatic rings. The Morgan fingerprint density at radius 2 is 1.81 bits per heavy atom. The monoisotopic (exact) mass is 442 g/mol. The molecule has 0 aliphatic heterocycles. The van der Waals surface area contributed by atoms with Gasteiger partial charge in [0.05, 0.1) is 16.6 Å². The molecule has 0 unspecified atom stereocenters. The van der Waals surface area contributed by atoms with Gasteiger partial charge in [-0.2, -0.15) is 0 Å². The molecule has 2 aromatic carbocycles. The van der Waals surface area contributed by atoms with Crippen LogP contribution in [0.15, 0.2) is 88.3 Å². The van der Waals surface area contributed by atoms with E-state index in [4.69, 9.17) is 9.97 Å². The van der Waals surface area contributed by atoms with Gasteiger partial charge in [0.25, 0.3) is 5.56 Å². The third kappa shape index (κ3) is 4.02. The maximum atomic E-state index is 13.3. The Balaban J connectivity index is 1.53. The van der Waals surface area contributed by atoms with E-state index < -0.39 is 0 Å². The van der Waals surface area contributed by atoms with Gasteiger partial charge in [0.2, 0.25) is 0 Å². The molecule has 0 bridgehead atoms. The van der Waals surface area contributed by atoms with Crippen molar-refractivity contribution in [3.63, 3.8) is 0 Å². The lowest BCUT2D eigenvalue weighted by Crippen LogP contribution is -2.22. The topological polar surface area (TPSA) is 60.7 Å². The predicted molar refractivity (Wildman–Crippen MR) is 127 cm³/mol. The number of thiazole rings is 1. The van der Waals surface area contributed by atoms with Gasteiger partial charge < -0.3 is 0 Å². The third-order valence-electron chi connectivity index (χ3n) is 4.80. The van der Waals surface area contributed by atoms with Crippen molar-refractivity contribution in [2.24, 2.45) is 0 Å². The minimum atomic E-state index is -0.116. The number of rotatable bonds is 5. The first-order valence-electron chi connectivity index (χ1n) is 9.76. The highest BCUT2D eigenvalue weighted by molar-refractivity contribution is 7.98. The van der Waals surface area contributed by atoms with Gasteiger partial charge in [0, 0.05) is 22.9 Å². The van der Waals surface area contributed by atoms with Crippen molar-refractivity contribution in [1.29, 1.82) is 0 Å². The minimum absolute atomic E-state index is 0.116. The molecule has 0 spiro atoms. The largest absolute Gasteiger partial charge is 0.268 e. The van der Waals surface area contributed by atoms with Crippen LogP contribution in [0, 0.1) is 6.92 Å². The number of hydrogen-bond donors (Lipinski definition) is 0. The lowest BCUT2D eigenvalue weighted by molar-refractivity contribution is 0.794. The molecule has 31 heavy (non-hydrogen) atoms. The molecular formula is C24H18N4OS2. The van der Waals surface area contributed by atoms with E-state index >= 15 is 0 Å². The summed E-state index contributed by atoms with van der Waals surface area (Å²) in [4.78, 5) is 27.3. The molecule has 0 fully saturated rings. The summed E-state index contributed by atoms with van der Waals surface area (Å²) in [6, 6.07) is 21.4. The van der Waals surface area contributed by atoms with Crippen molar-refractivity contribution in [2.45, 2.75) is 17.8 Å². The van der Waals surface area contributed by atoms with E-state index in [0.717, 1.165) is 21.8 Å². The van der Waals surface area contributed by atoms with E-state index in [1.165, 1.54) is 11.8 Å². The van der Waals surface area contributed by atoms with Crippen molar-refractivity contribution in [3.05, 3.63) is 99.9 Å². The maximum absolute atomic E-state index is 13.3. The lowest BCUT2D eigenvalue weighted by Gasteiger charge is -2.12. The number of thioether (sulfide) groups is 1. The van der Waals surface area contributed by atoms with Crippen molar-refractivity contribution < 1.29 is 0 Å². The van der Waals surface area contributed by atoms with Crippen LogP contribution in [-0.2, 0) is 5.75 Å². The second-order valence-electron chi connectivity index (χ2n) is 7.04. The molecular weight excluding hydrogens is 424 g/mol. The molecule has 3 aromatic heterocycles. The Hall–Kier alpha value is -3.29. The molecule has 0 amide bonds. The lowest BCUT2D eigenvalue weighted by atomic mass is 10.2. The summed E-state index contributed by atoms with van der Waals surface area (Å²) < 4.78 is 1.60. The molecule has 5 nitrogen and oxygen atoms in total. The number of aryl methyl sites for hydroxylation is 1. The number of fused-ring (bicyclic) bond motifs is 1. The van der Waals surface area contributed by atoms with Crippen molar-refractivity contribution >= 4 is 34.0 Å². The molecule has 7 heteroatoms. The van der Waals surface area contributed by atoms with Crippen molar-refractivity contribution in [2.75, 3.05) is 0 Å². The van der Waals surface area contributed by atoms with Crippen molar-refractivity contribution in [3.8, 4) is 16.4 Å². The van der Waals surface area contributed by atoms with Gasteiger partial charge in [0.1, 0.15) is 10.8 Å². The molecule has 0 saturated carbocycles.